The second-order valence-electron chi connectivity index (χ2n) is 9.52. The number of carbonyl (C=O) groups excluding carboxylic acids is 2. The van der Waals surface area contributed by atoms with E-state index >= 15 is 4.39 Å². The van der Waals surface area contributed by atoms with Crippen molar-refractivity contribution in [1.29, 1.82) is 0 Å². The number of rotatable bonds is 2. The smallest absolute Gasteiger partial charge is 0.305 e. The van der Waals surface area contributed by atoms with Gasteiger partial charge in [-0.3, -0.25) is 9.59 Å². The summed E-state index contributed by atoms with van der Waals surface area (Å²) >= 11 is 0. The van der Waals surface area contributed by atoms with Gasteiger partial charge in [-0.15, -0.1) is 0 Å². The molecule has 26 heavy (non-hydrogen) atoms. The van der Waals surface area contributed by atoms with E-state index in [4.69, 9.17) is 4.74 Å². The van der Waals surface area contributed by atoms with Gasteiger partial charge < -0.3 is 4.74 Å². The molecule has 4 rings (SSSR count). The lowest BCUT2D eigenvalue weighted by atomic mass is 9.47. The summed E-state index contributed by atoms with van der Waals surface area (Å²) in [6, 6.07) is 0. The summed E-state index contributed by atoms with van der Waals surface area (Å²) in [6.45, 7) is 6.29. The van der Waals surface area contributed by atoms with Gasteiger partial charge in [0, 0.05) is 18.3 Å². The van der Waals surface area contributed by atoms with E-state index < -0.39 is 6.17 Å². The van der Waals surface area contributed by atoms with Crippen molar-refractivity contribution < 1.29 is 18.7 Å². The molecule has 3 saturated carbocycles. The van der Waals surface area contributed by atoms with Gasteiger partial charge in [0.25, 0.3) is 0 Å². The molecule has 0 aliphatic heterocycles. The van der Waals surface area contributed by atoms with Crippen LogP contribution in [0.1, 0.15) is 72.1 Å². The average Bonchev–Trinajstić information content (AvgIpc) is 2.93. The minimum Gasteiger partial charge on any atom is -0.462 e. The van der Waals surface area contributed by atoms with E-state index in [2.05, 4.69) is 13.8 Å². The quantitative estimate of drug-likeness (QED) is 0.664. The van der Waals surface area contributed by atoms with Crippen molar-refractivity contribution in [2.75, 3.05) is 0 Å². The molecule has 0 heterocycles. The molecule has 4 aliphatic rings. The highest BCUT2D eigenvalue weighted by molar-refractivity contribution is 5.91. The van der Waals surface area contributed by atoms with Crippen LogP contribution in [0.5, 0.6) is 0 Å². The maximum absolute atomic E-state index is 15.1. The van der Waals surface area contributed by atoms with Gasteiger partial charge in [0.2, 0.25) is 0 Å². The van der Waals surface area contributed by atoms with Crippen LogP contribution >= 0.6 is 0 Å². The molecule has 0 spiro atoms. The third-order valence-corrected chi connectivity index (χ3v) is 8.41. The Kier molecular flexibility index (Phi) is 4.32. The Morgan fingerprint density at radius 1 is 1.23 bits per heavy atom. The summed E-state index contributed by atoms with van der Waals surface area (Å²) in [5, 5.41) is 0. The topological polar surface area (TPSA) is 43.4 Å². The zero-order valence-corrected chi connectivity index (χ0v) is 16.2. The Morgan fingerprint density at radius 3 is 2.73 bits per heavy atom. The van der Waals surface area contributed by atoms with Crippen molar-refractivity contribution in [1.82, 2.24) is 0 Å². The zero-order chi connectivity index (χ0) is 18.7. The van der Waals surface area contributed by atoms with Crippen LogP contribution in [0.4, 0.5) is 4.39 Å². The highest BCUT2D eigenvalue weighted by Crippen LogP contribution is 2.66. The van der Waals surface area contributed by atoms with E-state index in [0.29, 0.717) is 37.0 Å². The van der Waals surface area contributed by atoms with Gasteiger partial charge >= 0.3 is 5.97 Å². The third-order valence-electron chi connectivity index (χ3n) is 8.41. The molecule has 0 aromatic heterocycles. The van der Waals surface area contributed by atoms with E-state index in [0.717, 1.165) is 37.7 Å². The molecule has 3 fully saturated rings. The number of hydrogen-bond donors (Lipinski definition) is 0. The number of halogens is 1. The van der Waals surface area contributed by atoms with Crippen molar-refractivity contribution >= 4 is 11.8 Å². The van der Waals surface area contributed by atoms with Crippen LogP contribution in [0.2, 0.25) is 0 Å². The number of alkyl halides is 1. The second-order valence-corrected chi connectivity index (χ2v) is 9.52. The van der Waals surface area contributed by atoms with Gasteiger partial charge in [0.1, 0.15) is 12.3 Å². The number of allylic oxidation sites excluding steroid dienone is 1. The fourth-order valence-electron chi connectivity index (χ4n) is 6.95. The van der Waals surface area contributed by atoms with Gasteiger partial charge in [0.05, 0.1) is 0 Å². The molecule has 7 unspecified atom stereocenters. The summed E-state index contributed by atoms with van der Waals surface area (Å²) in [5.74, 6) is 1.18. The Labute approximate surface area is 155 Å². The molecular formula is C22H31FO3. The molecule has 0 bridgehead atoms. The first-order valence-electron chi connectivity index (χ1n) is 10.4. The Bertz CT molecular complexity index is 656. The molecule has 4 aliphatic carbocycles. The number of carbonyl (C=O) groups is 2. The minimum absolute atomic E-state index is 0.0170. The first-order valence-corrected chi connectivity index (χ1v) is 10.4. The number of ketones is 1. The summed E-state index contributed by atoms with van der Waals surface area (Å²) in [7, 11) is 0. The molecule has 0 aromatic carbocycles. The molecule has 0 aromatic rings. The first kappa shape index (κ1) is 18.2. The van der Waals surface area contributed by atoms with Crippen molar-refractivity contribution in [2.45, 2.75) is 84.4 Å². The molecule has 7 atom stereocenters. The number of esters is 1. The minimum atomic E-state index is -0.995. The predicted octanol–water partition coefficient (Wildman–Crippen LogP) is 4.79. The summed E-state index contributed by atoms with van der Waals surface area (Å²) < 4.78 is 20.9. The van der Waals surface area contributed by atoms with Crippen molar-refractivity contribution in [3.8, 4) is 0 Å². The van der Waals surface area contributed by atoms with Crippen molar-refractivity contribution in [3.63, 3.8) is 0 Å². The monoisotopic (exact) mass is 362 g/mol. The predicted molar refractivity (Wildman–Crippen MR) is 97.2 cm³/mol. The lowest BCUT2D eigenvalue weighted by Gasteiger charge is -2.58. The number of fused-ring (bicyclic) bond motifs is 5. The molecule has 4 heteroatoms. The number of hydrogen-bond acceptors (Lipinski definition) is 3. The summed E-state index contributed by atoms with van der Waals surface area (Å²) in [5.41, 5.74) is 0.578. The van der Waals surface area contributed by atoms with Gasteiger partial charge in [-0.25, -0.2) is 4.39 Å². The maximum Gasteiger partial charge on any atom is 0.305 e. The Morgan fingerprint density at radius 2 is 2.00 bits per heavy atom. The molecule has 0 N–H and O–H groups in total. The molecule has 0 amide bonds. The van der Waals surface area contributed by atoms with Crippen LogP contribution in [-0.4, -0.2) is 24.0 Å². The summed E-state index contributed by atoms with van der Waals surface area (Å²) in [6.07, 6.45) is 6.92. The van der Waals surface area contributed by atoms with E-state index in [1.54, 1.807) is 6.08 Å². The zero-order valence-electron chi connectivity index (χ0n) is 16.2. The van der Waals surface area contributed by atoms with E-state index in [1.165, 1.54) is 0 Å². The third kappa shape index (κ3) is 2.51. The fraction of sp³-hybridized carbons (Fsp3) is 0.818. The van der Waals surface area contributed by atoms with Crippen LogP contribution in [0.15, 0.2) is 11.6 Å². The lowest BCUT2D eigenvalue weighted by Crippen LogP contribution is -2.54. The Balaban J connectivity index is 1.63. The first-order chi connectivity index (χ1) is 12.3. The van der Waals surface area contributed by atoms with Gasteiger partial charge in [-0.1, -0.05) is 20.8 Å². The lowest BCUT2D eigenvalue weighted by molar-refractivity contribution is -0.160. The van der Waals surface area contributed by atoms with Crippen LogP contribution < -0.4 is 0 Å². The van der Waals surface area contributed by atoms with Gasteiger partial charge in [-0.05, 0) is 73.3 Å². The largest absolute Gasteiger partial charge is 0.462 e. The van der Waals surface area contributed by atoms with Crippen molar-refractivity contribution in [3.05, 3.63) is 11.6 Å². The molecule has 0 radical (unpaired) electrons. The van der Waals surface area contributed by atoms with Crippen molar-refractivity contribution in [2.24, 2.45) is 28.6 Å². The standard InChI is InChI=1S/C22H31FO3/c1-4-20(25)26-19-6-5-15-14-12-18(23)17-11-13(24)7-9-21(17,2)16(14)8-10-22(15,19)3/h11,14-16,18-19H,4-10,12H2,1-3H3. The Hall–Kier alpha value is -1.19. The number of ether oxygens (including phenoxy) is 1. The summed E-state index contributed by atoms with van der Waals surface area (Å²) in [4.78, 5) is 23.7. The molecule has 3 nitrogen and oxygen atoms in total. The van der Waals surface area contributed by atoms with Crippen LogP contribution in [0.25, 0.3) is 0 Å². The fourth-order valence-corrected chi connectivity index (χ4v) is 6.95. The molecular weight excluding hydrogens is 331 g/mol. The van der Waals surface area contributed by atoms with E-state index in [-0.39, 0.29) is 28.7 Å². The van der Waals surface area contributed by atoms with Crippen LogP contribution in [0.3, 0.4) is 0 Å². The molecule has 144 valence electrons. The maximum atomic E-state index is 15.1. The average molecular weight is 362 g/mol. The highest BCUT2D eigenvalue weighted by atomic mass is 19.1. The normalized spacial score (nSPS) is 47.5. The van der Waals surface area contributed by atoms with Gasteiger partial charge in [-0.2, -0.15) is 0 Å². The van der Waals surface area contributed by atoms with Crippen LogP contribution in [0, 0.1) is 28.6 Å². The second kappa shape index (κ2) is 6.17. The highest BCUT2D eigenvalue weighted by Gasteiger charge is 2.61. The molecule has 0 saturated heterocycles. The van der Waals surface area contributed by atoms with Crippen LogP contribution in [-0.2, 0) is 14.3 Å². The van der Waals surface area contributed by atoms with E-state index in [9.17, 15) is 9.59 Å². The van der Waals surface area contributed by atoms with Gasteiger partial charge in [0.15, 0.2) is 5.78 Å². The van der Waals surface area contributed by atoms with E-state index in [1.807, 2.05) is 6.92 Å². The SMILES string of the molecule is CCC(=O)OC1CCC2C3CC(F)C4=CC(=O)CCC4(C)C3CCC12C.